The molecule has 1 atom stereocenters. The highest BCUT2D eigenvalue weighted by molar-refractivity contribution is 6.30. The van der Waals surface area contributed by atoms with Crippen molar-refractivity contribution in [2.24, 2.45) is 0 Å². The van der Waals surface area contributed by atoms with E-state index in [1.807, 2.05) is 36.4 Å². The van der Waals surface area contributed by atoms with Crippen molar-refractivity contribution in [3.05, 3.63) is 70.0 Å². The number of benzene rings is 2. The molecule has 2 rings (SSSR count). The van der Waals surface area contributed by atoms with Crippen molar-refractivity contribution >= 4 is 11.6 Å². The molecule has 0 fully saturated rings. The molecule has 0 saturated heterocycles. The average Bonchev–Trinajstić information content (AvgIpc) is 2.41. The van der Waals surface area contributed by atoms with Gasteiger partial charge in [0.2, 0.25) is 0 Å². The number of hydrogen-bond acceptors (Lipinski definition) is 1. The Labute approximate surface area is 124 Å². The lowest BCUT2D eigenvalue weighted by atomic mass is 9.98. The smallest absolute Gasteiger partial charge is 0.126 e. The Bertz CT molecular complexity index is 583. The van der Waals surface area contributed by atoms with E-state index in [1.54, 1.807) is 13.0 Å². The number of nitrogens with one attached hydrogen (secondary N) is 1. The van der Waals surface area contributed by atoms with Crippen LogP contribution in [0, 0.1) is 12.7 Å². The van der Waals surface area contributed by atoms with Crippen LogP contribution in [0.15, 0.2) is 42.5 Å². The second kappa shape index (κ2) is 6.87. The fourth-order valence-electron chi connectivity index (χ4n) is 2.28. The first kappa shape index (κ1) is 15.0. The molecule has 3 heteroatoms. The Balaban J connectivity index is 2.24. The van der Waals surface area contributed by atoms with Gasteiger partial charge in [0.1, 0.15) is 5.82 Å². The van der Waals surface area contributed by atoms with Crippen LogP contribution in [0.4, 0.5) is 4.39 Å². The van der Waals surface area contributed by atoms with E-state index in [0.29, 0.717) is 5.56 Å². The van der Waals surface area contributed by atoms with Gasteiger partial charge in [0.05, 0.1) is 0 Å². The highest BCUT2D eigenvalue weighted by Gasteiger charge is 2.13. The summed E-state index contributed by atoms with van der Waals surface area (Å²) in [7, 11) is 0. The molecule has 1 nitrogen and oxygen atoms in total. The van der Waals surface area contributed by atoms with Crippen LogP contribution >= 0.6 is 11.6 Å². The molecule has 0 radical (unpaired) electrons. The molecule has 1 N–H and O–H groups in total. The van der Waals surface area contributed by atoms with E-state index in [1.165, 1.54) is 0 Å². The summed E-state index contributed by atoms with van der Waals surface area (Å²) in [6, 6.07) is 13.3. The Morgan fingerprint density at radius 2 is 2.00 bits per heavy atom. The van der Waals surface area contributed by atoms with E-state index in [2.05, 4.69) is 12.2 Å². The quantitative estimate of drug-likeness (QED) is 0.843. The van der Waals surface area contributed by atoms with Crippen molar-refractivity contribution in [3.63, 3.8) is 0 Å². The van der Waals surface area contributed by atoms with E-state index in [0.717, 1.165) is 29.1 Å². The summed E-state index contributed by atoms with van der Waals surface area (Å²) in [5.74, 6) is -0.156. The van der Waals surface area contributed by atoms with Crippen molar-refractivity contribution in [2.45, 2.75) is 26.3 Å². The zero-order chi connectivity index (χ0) is 14.5. The zero-order valence-electron chi connectivity index (χ0n) is 11.8. The van der Waals surface area contributed by atoms with Crippen molar-refractivity contribution in [1.29, 1.82) is 0 Å². The molecule has 0 amide bonds. The normalized spacial score (nSPS) is 12.4. The van der Waals surface area contributed by atoms with Crippen molar-refractivity contribution in [2.75, 3.05) is 6.54 Å². The van der Waals surface area contributed by atoms with Crippen LogP contribution in [0.1, 0.15) is 29.7 Å². The van der Waals surface area contributed by atoms with Gasteiger partial charge >= 0.3 is 0 Å². The van der Waals surface area contributed by atoms with Gasteiger partial charge in [-0.05, 0) is 54.8 Å². The highest BCUT2D eigenvalue weighted by atomic mass is 35.5. The maximum Gasteiger partial charge on any atom is 0.126 e. The maximum atomic E-state index is 13.7. The van der Waals surface area contributed by atoms with Crippen LogP contribution in [-0.2, 0) is 6.42 Å². The molecule has 0 spiro atoms. The monoisotopic (exact) mass is 291 g/mol. The van der Waals surface area contributed by atoms with Gasteiger partial charge in [-0.25, -0.2) is 4.39 Å². The SMILES string of the molecule is CCNC(Cc1cccc(Cl)c1)c1ccc(C)c(F)c1. The summed E-state index contributed by atoms with van der Waals surface area (Å²) in [4.78, 5) is 0. The molecule has 1 unspecified atom stereocenters. The molecular weight excluding hydrogens is 273 g/mol. The predicted molar refractivity (Wildman–Crippen MR) is 82.7 cm³/mol. The number of likely N-dealkylation sites (N-methyl/N-ethyl adjacent to an activating group) is 1. The van der Waals surface area contributed by atoms with Gasteiger partial charge in [0.25, 0.3) is 0 Å². The Kier molecular flexibility index (Phi) is 5.16. The second-order valence-electron chi connectivity index (χ2n) is 4.95. The van der Waals surface area contributed by atoms with Crippen LogP contribution in [0.25, 0.3) is 0 Å². The molecule has 0 aliphatic rings. The standard InChI is InChI=1S/C17H19ClFN/c1-3-20-17(10-13-5-4-6-15(18)9-13)14-8-7-12(2)16(19)11-14/h4-9,11,17,20H,3,10H2,1-2H3. The van der Waals surface area contributed by atoms with Gasteiger partial charge in [-0.1, -0.05) is 42.8 Å². The first-order valence-electron chi connectivity index (χ1n) is 6.84. The number of aryl methyl sites for hydroxylation is 1. The minimum absolute atomic E-state index is 0.0913. The third-order valence-corrected chi connectivity index (χ3v) is 3.61. The van der Waals surface area contributed by atoms with Crippen LogP contribution in [0.3, 0.4) is 0 Å². The molecule has 0 bridgehead atoms. The lowest BCUT2D eigenvalue weighted by Crippen LogP contribution is -2.23. The fraction of sp³-hybridized carbons (Fsp3) is 0.294. The molecule has 0 saturated carbocycles. The molecule has 0 aromatic heterocycles. The minimum atomic E-state index is -0.156. The van der Waals surface area contributed by atoms with Crippen molar-refractivity contribution in [3.8, 4) is 0 Å². The highest BCUT2D eigenvalue weighted by Crippen LogP contribution is 2.22. The maximum absolute atomic E-state index is 13.7. The van der Waals surface area contributed by atoms with Crippen LogP contribution in [0.2, 0.25) is 5.02 Å². The molecule has 0 heterocycles. The van der Waals surface area contributed by atoms with Gasteiger partial charge in [-0.3, -0.25) is 0 Å². The van der Waals surface area contributed by atoms with E-state index in [-0.39, 0.29) is 11.9 Å². The first-order chi connectivity index (χ1) is 9.60. The fourth-order valence-corrected chi connectivity index (χ4v) is 2.49. The van der Waals surface area contributed by atoms with Crippen LogP contribution in [-0.4, -0.2) is 6.54 Å². The Morgan fingerprint density at radius 1 is 1.20 bits per heavy atom. The molecular formula is C17H19ClFN. The molecule has 2 aromatic carbocycles. The second-order valence-corrected chi connectivity index (χ2v) is 5.39. The Hall–Kier alpha value is -1.38. The van der Waals surface area contributed by atoms with Gasteiger partial charge in [-0.15, -0.1) is 0 Å². The van der Waals surface area contributed by atoms with Gasteiger partial charge in [0.15, 0.2) is 0 Å². The van der Waals surface area contributed by atoms with Crippen LogP contribution in [0.5, 0.6) is 0 Å². The van der Waals surface area contributed by atoms with Crippen LogP contribution < -0.4 is 5.32 Å². The molecule has 0 aliphatic heterocycles. The van der Waals surface area contributed by atoms with E-state index in [4.69, 9.17) is 11.6 Å². The summed E-state index contributed by atoms with van der Waals surface area (Å²) in [6.07, 6.45) is 0.789. The Morgan fingerprint density at radius 3 is 2.65 bits per heavy atom. The number of halogens is 2. The van der Waals surface area contributed by atoms with Gasteiger partial charge < -0.3 is 5.32 Å². The van der Waals surface area contributed by atoms with Gasteiger partial charge in [-0.2, -0.15) is 0 Å². The molecule has 0 aliphatic carbocycles. The minimum Gasteiger partial charge on any atom is -0.310 e. The molecule has 20 heavy (non-hydrogen) atoms. The predicted octanol–water partition coefficient (Wildman–Crippen LogP) is 4.68. The summed E-state index contributed by atoms with van der Waals surface area (Å²) in [6.45, 7) is 4.66. The summed E-state index contributed by atoms with van der Waals surface area (Å²) < 4.78 is 13.7. The summed E-state index contributed by atoms with van der Waals surface area (Å²) >= 11 is 6.02. The van der Waals surface area contributed by atoms with E-state index < -0.39 is 0 Å². The lowest BCUT2D eigenvalue weighted by Gasteiger charge is -2.19. The first-order valence-corrected chi connectivity index (χ1v) is 7.22. The topological polar surface area (TPSA) is 12.0 Å². The number of hydrogen-bond donors (Lipinski definition) is 1. The van der Waals surface area contributed by atoms with Crippen molar-refractivity contribution in [1.82, 2.24) is 5.32 Å². The summed E-state index contributed by atoms with van der Waals surface area (Å²) in [5.41, 5.74) is 2.78. The third-order valence-electron chi connectivity index (χ3n) is 3.38. The number of rotatable bonds is 5. The average molecular weight is 292 g/mol. The summed E-state index contributed by atoms with van der Waals surface area (Å²) in [5, 5.41) is 4.13. The largest absolute Gasteiger partial charge is 0.310 e. The zero-order valence-corrected chi connectivity index (χ0v) is 12.5. The molecule has 106 valence electrons. The van der Waals surface area contributed by atoms with E-state index in [9.17, 15) is 4.39 Å². The van der Waals surface area contributed by atoms with Crippen molar-refractivity contribution < 1.29 is 4.39 Å². The van der Waals surface area contributed by atoms with E-state index >= 15 is 0 Å². The third kappa shape index (κ3) is 3.81. The lowest BCUT2D eigenvalue weighted by molar-refractivity contribution is 0.541. The molecule has 2 aromatic rings. The van der Waals surface area contributed by atoms with Gasteiger partial charge in [0, 0.05) is 11.1 Å².